The van der Waals surface area contributed by atoms with Crippen LogP contribution in [-0.4, -0.2) is 12.5 Å². The van der Waals surface area contributed by atoms with E-state index < -0.39 is 0 Å². The number of aliphatic imine (C=N–C) groups is 1. The van der Waals surface area contributed by atoms with Crippen molar-refractivity contribution in [1.29, 1.82) is 0 Å². The molecule has 1 heterocycles. The first kappa shape index (κ1) is 5.95. The Hall–Kier alpha value is -1.18. The van der Waals surface area contributed by atoms with Gasteiger partial charge in [0.1, 0.15) is 6.29 Å². The molecule has 0 radical (unpaired) electrons. The lowest BCUT2D eigenvalue weighted by Crippen LogP contribution is -1.76. The average Bonchev–Trinajstić information content (AvgIpc) is 2.13. The van der Waals surface area contributed by atoms with E-state index in [1.807, 2.05) is 6.08 Å². The van der Waals surface area contributed by atoms with Gasteiger partial charge in [-0.3, -0.25) is 9.79 Å². The van der Waals surface area contributed by atoms with Gasteiger partial charge in [0.2, 0.25) is 0 Å². The van der Waals surface area contributed by atoms with Crippen LogP contribution in [0.15, 0.2) is 28.9 Å². The topological polar surface area (TPSA) is 29.4 Å². The maximum atomic E-state index is 10.1. The van der Waals surface area contributed by atoms with E-state index in [2.05, 4.69) is 4.99 Å². The second kappa shape index (κ2) is 2.97. The van der Waals surface area contributed by atoms with Crippen LogP contribution in [0.3, 0.4) is 0 Å². The number of aldehydes is 1. The van der Waals surface area contributed by atoms with E-state index in [0.717, 1.165) is 12.7 Å². The summed E-state index contributed by atoms with van der Waals surface area (Å²) in [5.74, 6) is 0. The summed E-state index contributed by atoms with van der Waals surface area (Å²) in [5.41, 5.74) is 0.701. The molecule has 0 aliphatic carbocycles. The van der Waals surface area contributed by atoms with Gasteiger partial charge in [-0.25, -0.2) is 0 Å². The van der Waals surface area contributed by atoms with Crippen molar-refractivity contribution >= 4 is 12.5 Å². The number of carbonyl (C=O) groups is 1. The Morgan fingerprint density at radius 1 is 1.67 bits per heavy atom. The van der Waals surface area contributed by atoms with E-state index in [9.17, 15) is 4.79 Å². The summed E-state index contributed by atoms with van der Waals surface area (Å²) in [6, 6.07) is 0. The van der Waals surface area contributed by atoms with E-state index in [1.165, 1.54) is 0 Å². The lowest BCUT2D eigenvalue weighted by Gasteiger charge is -1.80. The Kier molecular flexibility index (Phi) is 1.96. The zero-order valence-electron chi connectivity index (χ0n) is 4.95. The summed E-state index contributed by atoms with van der Waals surface area (Å²) in [6.07, 6.45) is 8.48. The zero-order valence-corrected chi connectivity index (χ0v) is 4.95. The van der Waals surface area contributed by atoms with Crippen LogP contribution in [0.4, 0.5) is 0 Å². The van der Waals surface area contributed by atoms with Gasteiger partial charge in [0.15, 0.2) is 0 Å². The molecule has 1 aliphatic heterocycles. The minimum absolute atomic E-state index is 0.701. The van der Waals surface area contributed by atoms with Crippen molar-refractivity contribution in [2.24, 2.45) is 4.99 Å². The van der Waals surface area contributed by atoms with Crippen LogP contribution in [0.5, 0.6) is 0 Å². The predicted octanol–water partition coefficient (Wildman–Crippen LogP) is 1.10. The molecule has 0 aromatic rings. The normalized spacial score (nSPS) is 16.7. The smallest absolute Gasteiger partial charge is 0.149 e. The van der Waals surface area contributed by atoms with Crippen molar-refractivity contribution < 1.29 is 4.79 Å². The Balaban J connectivity index is 2.74. The van der Waals surface area contributed by atoms with Crippen LogP contribution in [0, 0.1) is 0 Å². The van der Waals surface area contributed by atoms with Crippen LogP contribution in [0.2, 0.25) is 0 Å². The second-order valence-corrected chi connectivity index (χ2v) is 1.71. The lowest BCUT2D eigenvalue weighted by molar-refractivity contribution is -0.104. The maximum absolute atomic E-state index is 10.1. The Labute approximate surface area is 53.6 Å². The zero-order chi connectivity index (χ0) is 6.53. The number of allylic oxidation sites excluding steroid dienone is 3. The van der Waals surface area contributed by atoms with Crippen LogP contribution in [-0.2, 0) is 4.79 Å². The highest BCUT2D eigenvalue weighted by Crippen LogP contribution is 1.97. The first-order valence-electron chi connectivity index (χ1n) is 2.77. The minimum atomic E-state index is 0.701. The molecule has 0 aromatic heterocycles. The van der Waals surface area contributed by atoms with Crippen molar-refractivity contribution in [1.82, 2.24) is 0 Å². The van der Waals surface area contributed by atoms with Crippen LogP contribution in [0.25, 0.3) is 0 Å². The summed E-state index contributed by atoms with van der Waals surface area (Å²) in [4.78, 5) is 14.0. The van der Waals surface area contributed by atoms with Gasteiger partial charge in [0, 0.05) is 24.4 Å². The van der Waals surface area contributed by atoms with Gasteiger partial charge < -0.3 is 0 Å². The van der Waals surface area contributed by atoms with Gasteiger partial charge in [-0.1, -0.05) is 6.08 Å². The summed E-state index contributed by atoms with van der Waals surface area (Å²) in [7, 11) is 0. The SMILES string of the molecule is O=CC1=CCC=NC=C1. The van der Waals surface area contributed by atoms with E-state index in [4.69, 9.17) is 0 Å². The molecule has 0 aromatic carbocycles. The molecule has 2 nitrogen and oxygen atoms in total. The molecule has 2 heteroatoms. The molecular weight excluding hydrogens is 114 g/mol. The number of carbonyl (C=O) groups excluding carboxylic acids is 1. The maximum Gasteiger partial charge on any atom is 0.149 e. The third kappa shape index (κ3) is 1.64. The Morgan fingerprint density at radius 2 is 2.56 bits per heavy atom. The monoisotopic (exact) mass is 121 g/mol. The highest BCUT2D eigenvalue weighted by molar-refractivity contribution is 5.79. The Bertz CT molecular complexity index is 189. The number of hydrogen-bond donors (Lipinski definition) is 0. The second-order valence-electron chi connectivity index (χ2n) is 1.71. The van der Waals surface area contributed by atoms with Gasteiger partial charge in [-0.2, -0.15) is 0 Å². The van der Waals surface area contributed by atoms with Gasteiger partial charge in [0.05, 0.1) is 0 Å². The quantitative estimate of drug-likeness (QED) is 0.477. The molecule has 46 valence electrons. The van der Waals surface area contributed by atoms with Gasteiger partial charge in [-0.05, 0) is 6.08 Å². The van der Waals surface area contributed by atoms with E-state index in [-0.39, 0.29) is 0 Å². The fourth-order valence-corrected chi connectivity index (χ4v) is 0.595. The fourth-order valence-electron chi connectivity index (χ4n) is 0.595. The van der Waals surface area contributed by atoms with Crippen LogP contribution < -0.4 is 0 Å². The molecule has 0 unspecified atom stereocenters. The number of rotatable bonds is 1. The third-order valence-corrected chi connectivity index (χ3v) is 1.05. The van der Waals surface area contributed by atoms with Gasteiger partial charge in [0.25, 0.3) is 0 Å². The summed E-state index contributed by atoms with van der Waals surface area (Å²) < 4.78 is 0. The van der Waals surface area contributed by atoms with Crippen molar-refractivity contribution in [3.05, 3.63) is 23.9 Å². The van der Waals surface area contributed by atoms with E-state index >= 15 is 0 Å². The van der Waals surface area contributed by atoms with E-state index in [1.54, 1.807) is 18.5 Å². The van der Waals surface area contributed by atoms with Crippen LogP contribution >= 0.6 is 0 Å². The summed E-state index contributed by atoms with van der Waals surface area (Å²) in [5, 5.41) is 0. The largest absolute Gasteiger partial charge is 0.298 e. The van der Waals surface area contributed by atoms with Crippen LogP contribution in [0.1, 0.15) is 6.42 Å². The molecule has 0 fully saturated rings. The molecule has 0 amide bonds. The molecule has 0 spiro atoms. The Morgan fingerprint density at radius 3 is 3.33 bits per heavy atom. The van der Waals surface area contributed by atoms with Crippen molar-refractivity contribution in [2.45, 2.75) is 6.42 Å². The highest BCUT2D eigenvalue weighted by atomic mass is 16.1. The molecule has 0 saturated heterocycles. The molecule has 0 saturated carbocycles. The predicted molar refractivity (Wildman–Crippen MR) is 36.4 cm³/mol. The summed E-state index contributed by atoms with van der Waals surface area (Å²) >= 11 is 0. The molecule has 1 aliphatic rings. The number of nitrogens with zero attached hydrogens (tertiary/aromatic N) is 1. The molecule has 0 atom stereocenters. The van der Waals surface area contributed by atoms with E-state index in [0.29, 0.717) is 5.57 Å². The third-order valence-electron chi connectivity index (χ3n) is 1.05. The first-order valence-corrected chi connectivity index (χ1v) is 2.77. The van der Waals surface area contributed by atoms with Gasteiger partial charge in [-0.15, -0.1) is 0 Å². The van der Waals surface area contributed by atoms with Gasteiger partial charge >= 0.3 is 0 Å². The lowest BCUT2D eigenvalue weighted by atomic mass is 10.2. The molecule has 1 rings (SSSR count). The molecule has 0 N–H and O–H groups in total. The van der Waals surface area contributed by atoms with Crippen molar-refractivity contribution in [3.8, 4) is 0 Å². The minimum Gasteiger partial charge on any atom is -0.298 e. The number of hydrogen-bond acceptors (Lipinski definition) is 2. The van der Waals surface area contributed by atoms with Crippen molar-refractivity contribution in [3.63, 3.8) is 0 Å². The first-order chi connectivity index (χ1) is 4.43. The standard InChI is InChI=1S/C7H7NO/c9-6-7-2-1-4-8-5-3-7/h2-6H,1H2. The average molecular weight is 121 g/mol. The fraction of sp³-hybridized carbons (Fsp3) is 0.143. The molecule has 0 bridgehead atoms. The summed E-state index contributed by atoms with van der Waals surface area (Å²) in [6.45, 7) is 0. The highest BCUT2D eigenvalue weighted by Gasteiger charge is 1.88. The molecular formula is C7H7NO. The molecule has 9 heavy (non-hydrogen) atoms. The van der Waals surface area contributed by atoms with Crippen molar-refractivity contribution in [2.75, 3.05) is 0 Å².